The predicted octanol–water partition coefficient (Wildman–Crippen LogP) is 3.45. The average Bonchev–Trinajstić information content (AvgIpc) is 2.70. The van der Waals surface area contributed by atoms with E-state index in [4.69, 9.17) is 5.11 Å². The number of para-hydroxylation sites is 1. The Balaban J connectivity index is 1.91. The molecule has 0 aliphatic heterocycles. The zero-order chi connectivity index (χ0) is 13.2. The summed E-state index contributed by atoms with van der Waals surface area (Å²) in [7, 11) is 0. The minimum atomic E-state index is -4.54. The average molecular weight is 293 g/mol. The van der Waals surface area contributed by atoms with Crippen molar-refractivity contribution < 1.29 is 18.3 Å². The fourth-order valence-corrected chi connectivity index (χ4v) is 3.35. The smallest absolute Gasteiger partial charge is 0.383 e. The normalized spacial score (nSPS) is 14.0. The van der Waals surface area contributed by atoms with Crippen molar-refractivity contribution in [2.24, 2.45) is 0 Å². The van der Waals surface area contributed by atoms with Gasteiger partial charge < -0.3 is 5.11 Å². The number of hydrogen-bond donors (Lipinski definition) is 1. The summed E-state index contributed by atoms with van der Waals surface area (Å²) in [5.41, 5.74) is 0.856. The third-order valence-corrected chi connectivity index (χ3v) is 4.47. The van der Waals surface area contributed by atoms with Crippen molar-refractivity contribution >= 4 is 33.3 Å². The maximum Gasteiger partial charge on any atom is 0.415 e. The monoisotopic (exact) mass is 293 g/mol. The number of aromatic nitrogens is 1. The third kappa shape index (κ3) is 3.37. The fourth-order valence-electron chi connectivity index (χ4n) is 1.33. The van der Waals surface area contributed by atoms with E-state index in [-0.39, 0.29) is 5.75 Å². The number of alkyl halides is 3. The van der Waals surface area contributed by atoms with Gasteiger partial charge in [0.05, 0.1) is 10.2 Å². The number of thiazole rings is 1. The summed E-state index contributed by atoms with van der Waals surface area (Å²) in [5.74, 6) is 0.0198. The van der Waals surface area contributed by atoms with Gasteiger partial charge in [0, 0.05) is 11.5 Å². The Morgan fingerprint density at radius 2 is 2.06 bits per heavy atom. The highest BCUT2D eigenvalue weighted by Gasteiger charge is 2.37. The van der Waals surface area contributed by atoms with Gasteiger partial charge in [0.25, 0.3) is 0 Å². The second-order valence-corrected chi connectivity index (χ2v) is 5.79. The van der Waals surface area contributed by atoms with Crippen LogP contribution in [0.1, 0.15) is 5.01 Å². The summed E-state index contributed by atoms with van der Waals surface area (Å²) < 4.78 is 37.2. The Bertz CT molecular complexity index is 493. The first kappa shape index (κ1) is 13.6. The van der Waals surface area contributed by atoms with Crippen LogP contribution >= 0.6 is 23.1 Å². The fraction of sp³-hybridized carbons (Fsp3) is 0.364. The molecule has 0 bridgehead atoms. The lowest BCUT2D eigenvalue weighted by atomic mass is 10.3. The first-order valence-corrected chi connectivity index (χ1v) is 7.11. The van der Waals surface area contributed by atoms with Crippen molar-refractivity contribution in [1.82, 2.24) is 4.98 Å². The molecule has 2 rings (SSSR count). The zero-order valence-corrected chi connectivity index (χ0v) is 10.8. The van der Waals surface area contributed by atoms with Crippen LogP contribution < -0.4 is 0 Å². The molecule has 2 aromatic rings. The molecular formula is C11H10F3NOS2. The Morgan fingerprint density at radius 1 is 1.33 bits per heavy atom. The number of hydrogen-bond acceptors (Lipinski definition) is 4. The van der Waals surface area contributed by atoms with Crippen LogP contribution in [0.3, 0.4) is 0 Å². The largest absolute Gasteiger partial charge is 0.415 e. The highest BCUT2D eigenvalue weighted by atomic mass is 32.2. The summed E-state index contributed by atoms with van der Waals surface area (Å²) >= 11 is 2.50. The number of thioether (sulfide) groups is 1. The molecule has 1 aromatic carbocycles. The lowest BCUT2D eigenvalue weighted by Gasteiger charge is -2.13. The van der Waals surface area contributed by atoms with E-state index in [1.54, 1.807) is 0 Å². The molecule has 0 saturated heterocycles. The van der Waals surface area contributed by atoms with Crippen molar-refractivity contribution in [2.75, 3.05) is 5.75 Å². The first-order chi connectivity index (χ1) is 8.47. The molecule has 1 heterocycles. The number of halogens is 3. The standard InChI is InChI=1S/C11H10F3NOS2/c12-11(13,14)9(16)5-17-6-10-15-7-3-1-2-4-8(7)18-10/h1-4,9,16H,5-6H2. The summed E-state index contributed by atoms with van der Waals surface area (Å²) in [5, 5.41) is 9.61. The van der Waals surface area contributed by atoms with Crippen molar-refractivity contribution in [1.29, 1.82) is 0 Å². The second-order valence-electron chi connectivity index (χ2n) is 3.65. The number of aliphatic hydroxyl groups is 1. The van der Waals surface area contributed by atoms with E-state index < -0.39 is 12.3 Å². The summed E-state index contributed by atoms with van der Waals surface area (Å²) in [6, 6.07) is 7.55. The minimum absolute atomic E-state index is 0.362. The molecule has 0 aliphatic carbocycles. The first-order valence-electron chi connectivity index (χ1n) is 5.14. The zero-order valence-electron chi connectivity index (χ0n) is 9.15. The lowest BCUT2D eigenvalue weighted by molar-refractivity contribution is -0.195. The molecule has 2 nitrogen and oxygen atoms in total. The molecule has 98 valence electrons. The van der Waals surface area contributed by atoms with Crippen LogP contribution in [0.4, 0.5) is 13.2 Å². The van der Waals surface area contributed by atoms with Gasteiger partial charge in [0.1, 0.15) is 5.01 Å². The molecule has 1 aromatic heterocycles. The number of nitrogens with zero attached hydrogens (tertiary/aromatic N) is 1. The predicted molar refractivity (Wildman–Crippen MR) is 67.8 cm³/mol. The Morgan fingerprint density at radius 3 is 2.72 bits per heavy atom. The maximum absolute atomic E-state index is 12.1. The maximum atomic E-state index is 12.1. The van der Waals surface area contributed by atoms with Gasteiger partial charge in [-0.15, -0.1) is 11.3 Å². The molecule has 0 spiro atoms. The molecule has 1 unspecified atom stereocenters. The molecule has 1 atom stereocenters. The molecule has 7 heteroatoms. The van der Waals surface area contributed by atoms with Gasteiger partial charge in [-0.05, 0) is 12.1 Å². The Labute approximate surface area is 110 Å². The molecule has 0 aliphatic rings. The van der Waals surface area contributed by atoms with Crippen molar-refractivity contribution in [3.8, 4) is 0 Å². The van der Waals surface area contributed by atoms with Crippen LogP contribution in [-0.2, 0) is 5.75 Å². The number of fused-ring (bicyclic) bond motifs is 1. The van der Waals surface area contributed by atoms with Crippen LogP contribution in [0.2, 0.25) is 0 Å². The van der Waals surface area contributed by atoms with E-state index in [9.17, 15) is 13.2 Å². The molecule has 0 fully saturated rings. The van der Waals surface area contributed by atoms with E-state index in [2.05, 4.69) is 4.98 Å². The van der Waals surface area contributed by atoms with Crippen LogP contribution in [0.15, 0.2) is 24.3 Å². The summed E-state index contributed by atoms with van der Waals surface area (Å²) in [4.78, 5) is 4.31. The van der Waals surface area contributed by atoms with Crippen LogP contribution in [0, 0.1) is 0 Å². The van der Waals surface area contributed by atoms with E-state index in [0.717, 1.165) is 27.0 Å². The van der Waals surface area contributed by atoms with Gasteiger partial charge in [0.2, 0.25) is 0 Å². The van der Waals surface area contributed by atoms with Crippen molar-refractivity contribution in [2.45, 2.75) is 18.0 Å². The van der Waals surface area contributed by atoms with Crippen LogP contribution in [0.5, 0.6) is 0 Å². The summed E-state index contributed by atoms with van der Waals surface area (Å²) in [6.45, 7) is 0. The van der Waals surface area contributed by atoms with E-state index >= 15 is 0 Å². The van der Waals surface area contributed by atoms with Crippen molar-refractivity contribution in [3.05, 3.63) is 29.3 Å². The number of aliphatic hydroxyl groups excluding tert-OH is 1. The van der Waals surface area contributed by atoms with E-state index in [1.165, 1.54) is 11.3 Å². The number of benzene rings is 1. The molecule has 0 amide bonds. The second kappa shape index (κ2) is 5.46. The van der Waals surface area contributed by atoms with Gasteiger partial charge in [-0.2, -0.15) is 24.9 Å². The Hall–Kier alpha value is -0.790. The lowest BCUT2D eigenvalue weighted by Crippen LogP contribution is -2.30. The van der Waals surface area contributed by atoms with E-state index in [0.29, 0.717) is 5.75 Å². The van der Waals surface area contributed by atoms with Crippen LogP contribution in [0.25, 0.3) is 10.2 Å². The van der Waals surface area contributed by atoms with Crippen LogP contribution in [-0.4, -0.2) is 28.1 Å². The SMILES string of the molecule is OC(CSCc1nc2ccccc2s1)C(F)(F)F. The molecular weight excluding hydrogens is 283 g/mol. The van der Waals surface area contributed by atoms with Gasteiger partial charge in [-0.1, -0.05) is 12.1 Å². The highest BCUT2D eigenvalue weighted by molar-refractivity contribution is 7.98. The van der Waals surface area contributed by atoms with Crippen molar-refractivity contribution in [3.63, 3.8) is 0 Å². The third-order valence-electron chi connectivity index (χ3n) is 2.22. The highest BCUT2D eigenvalue weighted by Crippen LogP contribution is 2.27. The van der Waals surface area contributed by atoms with Gasteiger partial charge in [-0.3, -0.25) is 0 Å². The topological polar surface area (TPSA) is 33.1 Å². The number of rotatable bonds is 4. The molecule has 0 saturated carbocycles. The molecule has 1 N–H and O–H groups in total. The molecule has 0 radical (unpaired) electrons. The Kier molecular flexibility index (Phi) is 4.14. The van der Waals surface area contributed by atoms with Gasteiger partial charge in [-0.25, -0.2) is 4.98 Å². The summed E-state index contributed by atoms with van der Waals surface area (Å²) in [6.07, 6.45) is -6.81. The minimum Gasteiger partial charge on any atom is -0.383 e. The van der Waals surface area contributed by atoms with E-state index in [1.807, 2.05) is 24.3 Å². The van der Waals surface area contributed by atoms with Gasteiger partial charge >= 0.3 is 6.18 Å². The van der Waals surface area contributed by atoms with Gasteiger partial charge in [0.15, 0.2) is 6.10 Å². The quantitative estimate of drug-likeness (QED) is 0.937. The molecule has 18 heavy (non-hydrogen) atoms.